The highest BCUT2D eigenvalue weighted by Gasteiger charge is 2.22. The van der Waals surface area contributed by atoms with Crippen LogP contribution < -0.4 is 14.8 Å². The maximum Gasteiger partial charge on any atom is 0.310 e. The van der Waals surface area contributed by atoms with Crippen LogP contribution in [0.15, 0.2) is 53.4 Å². The lowest BCUT2D eigenvalue weighted by Crippen LogP contribution is -2.36. The summed E-state index contributed by atoms with van der Waals surface area (Å²) in [6, 6.07) is 11.5. The molecule has 0 radical (unpaired) electrons. The fourth-order valence-electron chi connectivity index (χ4n) is 3.30. The molecule has 0 aliphatic heterocycles. The molecule has 0 atom stereocenters. The lowest BCUT2D eigenvalue weighted by atomic mass is 9.96. The van der Waals surface area contributed by atoms with Gasteiger partial charge in [0.2, 0.25) is 10.0 Å². The number of nitrogens with zero attached hydrogens (tertiary/aromatic N) is 1. The Balaban J connectivity index is 1.56. The van der Waals surface area contributed by atoms with Gasteiger partial charge in [-0.15, -0.1) is 0 Å². The van der Waals surface area contributed by atoms with Crippen molar-refractivity contribution in [2.75, 3.05) is 11.9 Å². The fraction of sp³-hybridized carbons (Fsp3) is 0.350. The van der Waals surface area contributed by atoms with Crippen LogP contribution in [0.3, 0.4) is 0 Å². The average Bonchev–Trinajstić information content (AvgIpc) is 2.73. The van der Waals surface area contributed by atoms with Gasteiger partial charge >= 0.3 is 5.69 Å². The van der Waals surface area contributed by atoms with E-state index in [2.05, 4.69) is 10.0 Å². The summed E-state index contributed by atoms with van der Waals surface area (Å²) in [4.78, 5) is 22.6. The molecule has 9 nitrogen and oxygen atoms in total. The van der Waals surface area contributed by atoms with Crippen LogP contribution in [-0.2, 0) is 14.8 Å². The predicted molar refractivity (Wildman–Crippen MR) is 111 cm³/mol. The van der Waals surface area contributed by atoms with Crippen LogP contribution >= 0.6 is 0 Å². The molecule has 0 unspecified atom stereocenters. The number of nitro benzene ring substituents is 1. The topological polar surface area (TPSA) is 128 Å². The summed E-state index contributed by atoms with van der Waals surface area (Å²) in [5.74, 6) is -0.531. The number of anilines is 1. The zero-order valence-electron chi connectivity index (χ0n) is 16.2. The van der Waals surface area contributed by atoms with Crippen LogP contribution in [0.5, 0.6) is 5.75 Å². The predicted octanol–water partition coefficient (Wildman–Crippen LogP) is 3.22. The molecule has 0 spiro atoms. The Bertz CT molecular complexity index is 1000. The molecule has 30 heavy (non-hydrogen) atoms. The molecule has 1 saturated carbocycles. The van der Waals surface area contributed by atoms with E-state index in [9.17, 15) is 23.3 Å². The largest absolute Gasteiger partial charge is 0.477 e. The molecule has 2 aromatic rings. The van der Waals surface area contributed by atoms with Gasteiger partial charge in [0, 0.05) is 17.8 Å². The zero-order valence-corrected chi connectivity index (χ0v) is 17.1. The lowest BCUT2D eigenvalue weighted by Gasteiger charge is -2.22. The first-order valence-electron chi connectivity index (χ1n) is 9.63. The highest BCUT2D eigenvalue weighted by Crippen LogP contribution is 2.26. The third kappa shape index (κ3) is 5.77. The minimum absolute atomic E-state index is 0.00659. The maximum atomic E-state index is 12.5. The van der Waals surface area contributed by atoms with Crippen molar-refractivity contribution in [3.63, 3.8) is 0 Å². The van der Waals surface area contributed by atoms with Crippen molar-refractivity contribution in [3.05, 3.63) is 58.6 Å². The summed E-state index contributed by atoms with van der Waals surface area (Å²) >= 11 is 0. The van der Waals surface area contributed by atoms with E-state index >= 15 is 0 Å². The SMILES string of the molecule is O=C(COc1ccccc1[N+](=O)[O-])Nc1ccc(S(=O)(=O)NC2CCCCC2)cc1. The molecule has 2 aromatic carbocycles. The summed E-state index contributed by atoms with van der Waals surface area (Å²) in [5.41, 5.74) is 0.160. The normalized spacial score (nSPS) is 14.8. The zero-order chi connectivity index (χ0) is 21.6. The minimum atomic E-state index is -3.62. The molecule has 10 heteroatoms. The molecule has 160 valence electrons. The van der Waals surface area contributed by atoms with E-state index in [1.807, 2.05) is 0 Å². The number of carbonyl (C=O) groups excluding carboxylic acids is 1. The van der Waals surface area contributed by atoms with Gasteiger partial charge in [-0.25, -0.2) is 13.1 Å². The third-order valence-electron chi connectivity index (χ3n) is 4.80. The standard InChI is InChI=1S/C20H23N3O6S/c24-20(14-29-19-9-5-4-8-18(19)23(25)26)21-15-10-12-17(13-11-15)30(27,28)22-16-6-2-1-3-7-16/h4-5,8-13,16,22H,1-3,6-7,14H2,(H,21,24). The Morgan fingerprint density at radius 3 is 2.40 bits per heavy atom. The smallest absolute Gasteiger partial charge is 0.310 e. The second-order valence-electron chi connectivity index (χ2n) is 7.04. The van der Waals surface area contributed by atoms with Crippen molar-refractivity contribution in [2.24, 2.45) is 0 Å². The van der Waals surface area contributed by atoms with Gasteiger partial charge in [0.15, 0.2) is 12.4 Å². The molecule has 0 saturated heterocycles. The molecule has 1 aliphatic rings. The monoisotopic (exact) mass is 433 g/mol. The van der Waals surface area contributed by atoms with Crippen molar-refractivity contribution >= 4 is 27.3 Å². The molecule has 0 heterocycles. The number of nitro groups is 1. The molecular formula is C20H23N3O6S. The summed E-state index contributed by atoms with van der Waals surface area (Å²) in [6.07, 6.45) is 4.85. The van der Waals surface area contributed by atoms with Gasteiger partial charge in [-0.2, -0.15) is 0 Å². The van der Waals surface area contributed by atoms with Crippen LogP contribution in [0, 0.1) is 10.1 Å². The Morgan fingerprint density at radius 2 is 1.73 bits per heavy atom. The van der Waals surface area contributed by atoms with E-state index in [0.29, 0.717) is 5.69 Å². The van der Waals surface area contributed by atoms with Crippen LogP contribution in [-0.4, -0.2) is 31.9 Å². The number of hydrogen-bond acceptors (Lipinski definition) is 6. The van der Waals surface area contributed by atoms with Crippen molar-refractivity contribution in [3.8, 4) is 5.75 Å². The van der Waals surface area contributed by atoms with Crippen molar-refractivity contribution in [1.29, 1.82) is 0 Å². The fourth-order valence-corrected chi connectivity index (χ4v) is 4.60. The number of ether oxygens (including phenoxy) is 1. The second-order valence-corrected chi connectivity index (χ2v) is 8.76. The van der Waals surface area contributed by atoms with Crippen LogP contribution in [0.25, 0.3) is 0 Å². The van der Waals surface area contributed by atoms with Crippen LogP contribution in [0.1, 0.15) is 32.1 Å². The summed E-state index contributed by atoms with van der Waals surface area (Å²) in [7, 11) is -3.62. The molecule has 2 N–H and O–H groups in total. The van der Waals surface area contributed by atoms with Gasteiger partial charge < -0.3 is 10.1 Å². The highest BCUT2D eigenvalue weighted by molar-refractivity contribution is 7.89. The Morgan fingerprint density at radius 1 is 1.07 bits per heavy atom. The summed E-state index contributed by atoms with van der Waals surface area (Å²) < 4.78 is 33.0. The molecule has 1 aliphatic carbocycles. The van der Waals surface area contributed by atoms with Gasteiger partial charge in [0.25, 0.3) is 5.91 Å². The molecule has 1 fully saturated rings. The Labute approximate surface area is 174 Å². The van der Waals surface area contributed by atoms with Gasteiger partial charge in [-0.1, -0.05) is 31.4 Å². The first kappa shape index (κ1) is 21.7. The molecule has 0 aromatic heterocycles. The summed E-state index contributed by atoms with van der Waals surface area (Å²) in [5, 5.41) is 13.5. The number of nitrogens with one attached hydrogen (secondary N) is 2. The van der Waals surface area contributed by atoms with E-state index in [-0.39, 0.29) is 22.4 Å². The average molecular weight is 433 g/mol. The number of benzene rings is 2. The third-order valence-corrected chi connectivity index (χ3v) is 6.33. The molecule has 1 amide bonds. The Hall–Kier alpha value is -2.98. The number of sulfonamides is 1. The summed E-state index contributed by atoms with van der Waals surface area (Å²) in [6.45, 7) is -0.422. The first-order valence-corrected chi connectivity index (χ1v) is 11.1. The van der Waals surface area contributed by atoms with E-state index < -0.39 is 27.5 Å². The van der Waals surface area contributed by atoms with Gasteiger partial charge in [0.1, 0.15) is 0 Å². The minimum Gasteiger partial charge on any atom is -0.477 e. The van der Waals surface area contributed by atoms with E-state index in [1.165, 1.54) is 42.5 Å². The maximum absolute atomic E-state index is 12.5. The number of rotatable bonds is 8. The molecular weight excluding hydrogens is 410 g/mol. The van der Waals surface area contributed by atoms with E-state index in [1.54, 1.807) is 6.07 Å². The molecule has 3 rings (SSSR count). The van der Waals surface area contributed by atoms with Gasteiger partial charge in [-0.05, 0) is 43.2 Å². The molecule has 0 bridgehead atoms. The van der Waals surface area contributed by atoms with Crippen molar-refractivity contribution < 1.29 is 22.9 Å². The van der Waals surface area contributed by atoms with Crippen molar-refractivity contribution in [2.45, 2.75) is 43.0 Å². The number of para-hydroxylation sites is 2. The second kappa shape index (κ2) is 9.68. The van der Waals surface area contributed by atoms with Crippen molar-refractivity contribution in [1.82, 2.24) is 4.72 Å². The quantitative estimate of drug-likeness (QED) is 0.486. The van der Waals surface area contributed by atoms with Gasteiger partial charge in [-0.3, -0.25) is 14.9 Å². The number of carbonyl (C=O) groups is 1. The van der Waals surface area contributed by atoms with Gasteiger partial charge in [0.05, 0.1) is 9.82 Å². The van der Waals surface area contributed by atoms with E-state index in [4.69, 9.17) is 4.74 Å². The van der Waals surface area contributed by atoms with Crippen LogP contribution in [0.2, 0.25) is 0 Å². The number of hydrogen-bond donors (Lipinski definition) is 2. The van der Waals surface area contributed by atoms with E-state index in [0.717, 1.165) is 32.1 Å². The Kier molecular flexibility index (Phi) is 7.01. The van der Waals surface area contributed by atoms with Crippen LogP contribution in [0.4, 0.5) is 11.4 Å². The first-order chi connectivity index (χ1) is 14.3. The highest BCUT2D eigenvalue weighted by atomic mass is 32.2. The number of amides is 1. The lowest BCUT2D eigenvalue weighted by molar-refractivity contribution is -0.385.